The molecule has 1 rings (SSSR count). The van der Waals surface area contributed by atoms with Crippen LogP contribution in [0.3, 0.4) is 0 Å². The zero-order chi connectivity index (χ0) is 9.68. The van der Waals surface area contributed by atoms with Crippen molar-refractivity contribution in [3.8, 4) is 0 Å². The van der Waals surface area contributed by atoms with Gasteiger partial charge in [0, 0.05) is 6.54 Å². The molecule has 1 aliphatic rings. The highest BCUT2D eigenvalue weighted by atomic mass is 16.3. The summed E-state index contributed by atoms with van der Waals surface area (Å²) < 4.78 is 0. The van der Waals surface area contributed by atoms with E-state index in [4.69, 9.17) is 0 Å². The number of nitrogens with zero attached hydrogens (tertiary/aromatic N) is 1. The zero-order valence-corrected chi connectivity index (χ0v) is 8.53. The van der Waals surface area contributed by atoms with Gasteiger partial charge in [0.15, 0.2) is 0 Å². The van der Waals surface area contributed by atoms with Gasteiger partial charge in [-0.2, -0.15) is 0 Å². The second-order valence-electron chi connectivity index (χ2n) is 3.79. The smallest absolute Gasteiger partial charge is 0.0799 e. The third kappa shape index (κ3) is 3.75. The minimum absolute atomic E-state index is 0.279. The number of hydrogen-bond donors (Lipinski definition) is 1. The molecule has 2 nitrogen and oxygen atoms in total. The molecule has 1 atom stereocenters. The molecule has 0 heterocycles. The fourth-order valence-corrected chi connectivity index (χ4v) is 1.43. The average molecular weight is 181 g/mol. The van der Waals surface area contributed by atoms with Crippen LogP contribution < -0.4 is 0 Å². The lowest BCUT2D eigenvalue weighted by molar-refractivity contribution is 0.187. The summed E-state index contributed by atoms with van der Waals surface area (Å²) in [5.74, 6) is 0. The van der Waals surface area contributed by atoms with Crippen molar-refractivity contribution in [1.29, 1.82) is 0 Å². The van der Waals surface area contributed by atoms with Gasteiger partial charge in [-0.15, -0.1) is 0 Å². The lowest BCUT2D eigenvalue weighted by Gasteiger charge is -2.16. The highest BCUT2D eigenvalue weighted by Crippen LogP contribution is 2.15. The van der Waals surface area contributed by atoms with Crippen LogP contribution in [-0.2, 0) is 0 Å². The molecule has 0 saturated carbocycles. The molecule has 0 fully saturated rings. The number of aliphatic hydroxyl groups excluding tert-OH is 1. The van der Waals surface area contributed by atoms with Gasteiger partial charge in [0.05, 0.1) is 6.10 Å². The van der Waals surface area contributed by atoms with E-state index < -0.39 is 0 Å². The van der Waals surface area contributed by atoms with Crippen molar-refractivity contribution in [3.05, 3.63) is 23.8 Å². The van der Waals surface area contributed by atoms with Crippen molar-refractivity contribution < 1.29 is 5.11 Å². The van der Waals surface area contributed by atoms with Gasteiger partial charge in [-0.1, -0.05) is 18.2 Å². The SMILES string of the molecule is CN(C)CCC(O)C1=CCCC=C1. The summed E-state index contributed by atoms with van der Waals surface area (Å²) >= 11 is 0. The summed E-state index contributed by atoms with van der Waals surface area (Å²) in [5, 5.41) is 9.78. The molecule has 2 heteroatoms. The lowest BCUT2D eigenvalue weighted by atomic mass is 10.0. The second-order valence-corrected chi connectivity index (χ2v) is 3.79. The fraction of sp³-hybridized carbons (Fsp3) is 0.636. The minimum Gasteiger partial charge on any atom is -0.388 e. The van der Waals surface area contributed by atoms with E-state index >= 15 is 0 Å². The maximum atomic E-state index is 9.78. The predicted molar refractivity (Wildman–Crippen MR) is 55.6 cm³/mol. The molecule has 0 amide bonds. The summed E-state index contributed by atoms with van der Waals surface area (Å²) in [6, 6.07) is 0. The third-order valence-electron chi connectivity index (χ3n) is 2.26. The van der Waals surface area contributed by atoms with Gasteiger partial charge >= 0.3 is 0 Å². The van der Waals surface area contributed by atoms with Crippen LogP contribution in [0.15, 0.2) is 23.8 Å². The van der Waals surface area contributed by atoms with E-state index in [1.54, 1.807) is 0 Å². The van der Waals surface area contributed by atoms with Crippen LogP contribution in [-0.4, -0.2) is 36.8 Å². The molecule has 1 unspecified atom stereocenters. The first kappa shape index (κ1) is 10.5. The molecule has 0 saturated heterocycles. The summed E-state index contributed by atoms with van der Waals surface area (Å²) in [6.45, 7) is 0.937. The molecule has 0 aromatic heterocycles. The Labute approximate surface area is 80.6 Å². The van der Waals surface area contributed by atoms with E-state index in [9.17, 15) is 5.11 Å². The molecule has 0 spiro atoms. The van der Waals surface area contributed by atoms with Crippen LogP contribution in [0.1, 0.15) is 19.3 Å². The van der Waals surface area contributed by atoms with Crippen molar-refractivity contribution in [2.45, 2.75) is 25.4 Å². The minimum atomic E-state index is -0.279. The summed E-state index contributed by atoms with van der Waals surface area (Å²) in [7, 11) is 4.05. The molecule has 0 bridgehead atoms. The summed E-state index contributed by atoms with van der Waals surface area (Å²) in [4.78, 5) is 2.09. The van der Waals surface area contributed by atoms with Crippen molar-refractivity contribution >= 4 is 0 Å². The zero-order valence-electron chi connectivity index (χ0n) is 8.53. The standard InChI is InChI=1S/C11H19NO/c1-12(2)9-8-11(13)10-6-4-3-5-7-10/h4,6-7,11,13H,3,5,8-9H2,1-2H3. The van der Waals surface area contributed by atoms with Gasteiger partial charge in [-0.05, 0) is 38.9 Å². The van der Waals surface area contributed by atoms with Crippen molar-refractivity contribution in [2.24, 2.45) is 0 Å². The molecule has 0 radical (unpaired) electrons. The molecule has 0 aliphatic heterocycles. The number of rotatable bonds is 4. The van der Waals surface area contributed by atoms with Crippen LogP contribution >= 0.6 is 0 Å². The molecular weight excluding hydrogens is 162 g/mol. The van der Waals surface area contributed by atoms with Gasteiger partial charge in [0.1, 0.15) is 0 Å². The molecule has 13 heavy (non-hydrogen) atoms. The number of allylic oxidation sites excluding steroid dienone is 2. The first-order valence-electron chi connectivity index (χ1n) is 4.89. The van der Waals surface area contributed by atoms with E-state index in [0.29, 0.717) is 0 Å². The maximum Gasteiger partial charge on any atom is 0.0799 e. The Morgan fingerprint density at radius 2 is 2.23 bits per heavy atom. The average Bonchev–Trinajstić information content (AvgIpc) is 2.15. The van der Waals surface area contributed by atoms with Crippen LogP contribution in [0, 0.1) is 0 Å². The Bertz CT molecular complexity index is 206. The van der Waals surface area contributed by atoms with Crippen LogP contribution in [0.4, 0.5) is 0 Å². The van der Waals surface area contributed by atoms with Gasteiger partial charge in [0.25, 0.3) is 0 Å². The fourth-order valence-electron chi connectivity index (χ4n) is 1.43. The van der Waals surface area contributed by atoms with Crippen molar-refractivity contribution in [1.82, 2.24) is 4.90 Å². The third-order valence-corrected chi connectivity index (χ3v) is 2.26. The van der Waals surface area contributed by atoms with Gasteiger partial charge in [0.2, 0.25) is 0 Å². The molecular formula is C11H19NO. The quantitative estimate of drug-likeness (QED) is 0.711. The van der Waals surface area contributed by atoms with Crippen molar-refractivity contribution in [2.75, 3.05) is 20.6 Å². The van der Waals surface area contributed by atoms with E-state index in [0.717, 1.165) is 31.4 Å². The van der Waals surface area contributed by atoms with E-state index in [1.807, 2.05) is 20.2 Å². The van der Waals surface area contributed by atoms with Crippen LogP contribution in [0.5, 0.6) is 0 Å². The molecule has 1 N–H and O–H groups in total. The number of hydrogen-bond acceptors (Lipinski definition) is 2. The van der Waals surface area contributed by atoms with Crippen LogP contribution in [0.25, 0.3) is 0 Å². The molecule has 74 valence electrons. The van der Waals surface area contributed by atoms with Crippen molar-refractivity contribution in [3.63, 3.8) is 0 Å². The Kier molecular flexibility index (Phi) is 4.19. The highest BCUT2D eigenvalue weighted by molar-refractivity contribution is 5.25. The number of aliphatic hydroxyl groups is 1. The van der Waals surface area contributed by atoms with E-state index in [-0.39, 0.29) is 6.10 Å². The normalized spacial score (nSPS) is 18.9. The van der Waals surface area contributed by atoms with Gasteiger partial charge in [-0.25, -0.2) is 0 Å². The second kappa shape index (κ2) is 5.20. The lowest BCUT2D eigenvalue weighted by Crippen LogP contribution is -2.20. The Morgan fingerprint density at radius 3 is 2.77 bits per heavy atom. The Morgan fingerprint density at radius 1 is 1.46 bits per heavy atom. The first-order chi connectivity index (χ1) is 6.20. The molecule has 0 aromatic rings. The predicted octanol–water partition coefficient (Wildman–Crippen LogP) is 1.58. The monoisotopic (exact) mass is 181 g/mol. The summed E-state index contributed by atoms with van der Waals surface area (Å²) in [5.41, 5.74) is 1.09. The maximum absolute atomic E-state index is 9.78. The van der Waals surface area contributed by atoms with Gasteiger partial charge in [-0.3, -0.25) is 0 Å². The Hall–Kier alpha value is -0.600. The Balaban J connectivity index is 2.34. The highest BCUT2D eigenvalue weighted by Gasteiger charge is 2.09. The van der Waals surface area contributed by atoms with Crippen LogP contribution in [0.2, 0.25) is 0 Å². The summed E-state index contributed by atoms with van der Waals surface area (Å²) in [6.07, 6.45) is 9.05. The topological polar surface area (TPSA) is 23.5 Å². The molecule has 0 aromatic carbocycles. The van der Waals surface area contributed by atoms with E-state index in [1.165, 1.54) is 0 Å². The molecule has 1 aliphatic carbocycles. The largest absolute Gasteiger partial charge is 0.388 e. The first-order valence-corrected chi connectivity index (χ1v) is 4.89. The van der Waals surface area contributed by atoms with E-state index in [2.05, 4.69) is 17.1 Å². The van der Waals surface area contributed by atoms with Gasteiger partial charge < -0.3 is 10.0 Å².